The first-order valence-electron chi connectivity index (χ1n) is 9.46. The van der Waals surface area contributed by atoms with Crippen LogP contribution in [0.15, 0.2) is 24.5 Å². The van der Waals surface area contributed by atoms with Crippen LogP contribution >= 0.6 is 0 Å². The molecule has 1 N–H and O–H groups in total. The molecule has 0 bridgehead atoms. The molecule has 3 aromatic rings. The van der Waals surface area contributed by atoms with Crippen molar-refractivity contribution in [1.29, 1.82) is 0 Å². The molecule has 0 aliphatic carbocycles. The van der Waals surface area contributed by atoms with Crippen molar-refractivity contribution in [2.24, 2.45) is 0 Å². The number of aromatic nitrogens is 4. The van der Waals surface area contributed by atoms with Crippen LogP contribution in [0, 0.1) is 5.82 Å². The Morgan fingerprint density at radius 1 is 1.21 bits per heavy atom. The summed E-state index contributed by atoms with van der Waals surface area (Å²) in [7, 11) is 0. The van der Waals surface area contributed by atoms with Gasteiger partial charge in [0.15, 0.2) is 17.3 Å². The summed E-state index contributed by atoms with van der Waals surface area (Å²) in [6, 6.07) is 3.30. The van der Waals surface area contributed by atoms with E-state index in [1.54, 1.807) is 16.7 Å². The molecule has 0 radical (unpaired) electrons. The molecule has 8 heteroatoms. The third-order valence-electron chi connectivity index (χ3n) is 5.77. The van der Waals surface area contributed by atoms with Gasteiger partial charge in [0.25, 0.3) is 0 Å². The summed E-state index contributed by atoms with van der Waals surface area (Å²) in [5, 5.41) is 10.1. The standard InChI is InChI=1S/C20H20F2N4O2/c1-11-8-15(27)18-25-14-3-2-13(16(21)17(14)26(11)18)12-9-23-19(24-10-12)20(22)4-6-28-7-5-20/h2-3,9-11,15,27H,4-8H2,1H3/t11-,15?/m0/s1. The fourth-order valence-electron chi connectivity index (χ4n) is 4.22. The van der Waals surface area contributed by atoms with Gasteiger partial charge >= 0.3 is 0 Å². The van der Waals surface area contributed by atoms with Gasteiger partial charge in [-0.1, -0.05) is 0 Å². The molecule has 2 aromatic heterocycles. The molecule has 0 spiro atoms. The molecule has 6 nitrogen and oxygen atoms in total. The monoisotopic (exact) mass is 386 g/mol. The molecule has 2 aliphatic rings. The molecule has 28 heavy (non-hydrogen) atoms. The van der Waals surface area contributed by atoms with Gasteiger partial charge in [-0.3, -0.25) is 0 Å². The van der Waals surface area contributed by atoms with Gasteiger partial charge in [0.05, 0.1) is 18.7 Å². The maximum atomic E-state index is 15.4. The van der Waals surface area contributed by atoms with Gasteiger partial charge in [-0.15, -0.1) is 0 Å². The van der Waals surface area contributed by atoms with E-state index in [9.17, 15) is 5.11 Å². The first-order chi connectivity index (χ1) is 13.5. The van der Waals surface area contributed by atoms with E-state index in [2.05, 4.69) is 15.0 Å². The highest BCUT2D eigenvalue weighted by Crippen LogP contribution is 2.40. The third-order valence-corrected chi connectivity index (χ3v) is 5.77. The van der Waals surface area contributed by atoms with Crippen molar-refractivity contribution in [3.8, 4) is 11.1 Å². The van der Waals surface area contributed by atoms with Crippen molar-refractivity contribution in [2.75, 3.05) is 13.2 Å². The van der Waals surface area contributed by atoms with Crippen molar-refractivity contribution in [2.45, 2.75) is 44.0 Å². The van der Waals surface area contributed by atoms with E-state index < -0.39 is 17.6 Å². The average Bonchev–Trinajstić information content (AvgIpc) is 3.21. The van der Waals surface area contributed by atoms with E-state index in [0.29, 0.717) is 47.6 Å². The first-order valence-corrected chi connectivity index (χ1v) is 9.46. The minimum absolute atomic E-state index is 0.0432. The molecule has 0 amide bonds. The maximum Gasteiger partial charge on any atom is 0.174 e. The number of nitrogens with zero attached hydrogens (tertiary/aromatic N) is 4. The second-order valence-corrected chi connectivity index (χ2v) is 7.61. The van der Waals surface area contributed by atoms with E-state index in [4.69, 9.17) is 4.74 Å². The lowest BCUT2D eigenvalue weighted by Crippen LogP contribution is -2.31. The lowest BCUT2D eigenvalue weighted by molar-refractivity contribution is -0.0164. The third kappa shape index (κ3) is 2.55. The average molecular weight is 386 g/mol. The zero-order valence-electron chi connectivity index (χ0n) is 15.4. The van der Waals surface area contributed by atoms with Crippen molar-refractivity contribution < 1.29 is 18.6 Å². The molecule has 1 saturated heterocycles. The number of benzene rings is 1. The van der Waals surface area contributed by atoms with Crippen LogP contribution in [0.1, 0.15) is 50.0 Å². The van der Waals surface area contributed by atoms with E-state index >= 15 is 8.78 Å². The van der Waals surface area contributed by atoms with Gasteiger partial charge in [-0.2, -0.15) is 0 Å². The van der Waals surface area contributed by atoms with Gasteiger partial charge in [-0.25, -0.2) is 23.7 Å². The Hall–Kier alpha value is -2.45. The molecule has 4 heterocycles. The molecule has 1 fully saturated rings. The Morgan fingerprint density at radius 2 is 1.93 bits per heavy atom. The maximum absolute atomic E-state index is 15.4. The predicted molar refractivity (Wildman–Crippen MR) is 97.8 cm³/mol. The highest BCUT2D eigenvalue weighted by atomic mass is 19.1. The first kappa shape index (κ1) is 17.6. The molecular formula is C20H20F2N4O2. The van der Waals surface area contributed by atoms with E-state index in [0.717, 1.165) is 0 Å². The molecule has 146 valence electrons. The number of aliphatic hydroxyl groups excluding tert-OH is 1. The zero-order valence-corrected chi connectivity index (χ0v) is 15.4. The number of fused-ring (bicyclic) bond motifs is 3. The predicted octanol–water partition coefficient (Wildman–Crippen LogP) is 3.61. The molecule has 5 rings (SSSR count). The summed E-state index contributed by atoms with van der Waals surface area (Å²) < 4.78 is 37.4. The highest BCUT2D eigenvalue weighted by molar-refractivity contribution is 5.84. The van der Waals surface area contributed by atoms with Crippen LogP contribution in [-0.4, -0.2) is 37.8 Å². The molecule has 1 aromatic carbocycles. The van der Waals surface area contributed by atoms with Crippen LogP contribution in [0.2, 0.25) is 0 Å². The largest absolute Gasteiger partial charge is 0.385 e. The van der Waals surface area contributed by atoms with Crippen LogP contribution in [0.4, 0.5) is 8.78 Å². The second kappa shape index (κ2) is 6.28. The summed E-state index contributed by atoms with van der Waals surface area (Å²) in [4.78, 5) is 12.8. The van der Waals surface area contributed by atoms with Gasteiger partial charge in [-0.05, 0) is 19.1 Å². The zero-order chi connectivity index (χ0) is 19.5. The van der Waals surface area contributed by atoms with Crippen molar-refractivity contribution >= 4 is 11.0 Å². The number of alkyl halides is 1. The number of hydrogen-bond donors (Lipinski definition) is 1. The van der Waals surface area contributed by atoms with E-state index in [-0.39, 0.29) is 24.7 Å². The number of hydrogen-bond acceptors (Lipinski definition) is 5. The van der Waals surface area contributed by atoms with Crippen molar-refractivity contribution in [3.63, 3.8) is 0 Å². The van der Waals surface area contributed by atoms with Gasteiger partial charge in [0, 0.05) is 48.8 Å². The van der Waals surface area contributed by atoms with Crippen LogP contribution in [0.3, 0.4) is 0 Å². The summed E-state index contributed by atoms with van der Waals surface area (Å²) >= 11 is 0. The minimum atomic E-state index is -1.60. The molecule has 0 saturated carbocycles. The highest BCUT2D eigenvalue weighted by Gasteiger charge is 2.37. The van der Waals surface area contributed by atoms with Crippen LogP contribution in [-0.2, 0) is 10.4 Å². The summed E-state index contributed by atoms with van der Waals surface area (Å²) in [6.07, 6.45) is 3.19. The van der Waals surface area contributed by atoms with Crippen molar-refractivity contribution in [3.05, 3.63) is 42.0 Å². The number of imidazole rings is 1. The van der Waals surface area contributed by atoms with Crippen molar-refractivity contribution in [1.82, 2.24) is 19.5 Å². The van der Waals surface area contributed by atoms with Crippen LogP contribution in [0.5, 0.6) is 0 Å². The Kier molecular flexibility index (Phi) is 3.96. The smallest absolute Gasteiger partial charge is 0.174 e. The number of rotatable bonds is 2. The van der Waals surface area contributed by atoms with Gasteiger partial charge in [0.2, 0.25) is 0 Å². The summed E-state index contributed by atoms with van der Waals surface area (Å²) in [5.74, 6) is 0.168. The number of aliphatic hydroxyl groups is 1. The van der Waals surface area contributed by atoms with Gasteiger partial charge in [0.1, 0.15) is 17.4 Å². The van der Waals surface area contributed by atoms with E-state index in [1.165, 1.54) is 12.4 Å². The SMILES string of the molecule is C[C@H]1CC(O)c2nc3ccc(-c4cnc(C5(F)CCOCC5)nc4)c(F)c3n21. The summed E-state index contributed by atoms with van der Waals surface area (Å²) in [6.45, 7) is 2.60. The lowest BCUT2D eigenvalue weighted by atomic mass is 9.95. The quantitative estimate of drug-likeness (QED) is 0.728. The fourth-order valence-corrected chi connectivity index (χ4v) is 4.22. The fraction of sp³-hybridized carbons (Fsp3) is 0.450. The number of ether oxygens (including phenoxy) is 1. The topological polar surface area (TPSA) is 73.1 Å². The molecular weight excluding hydrogens is 366 g/mol. The molecule has 2 atom stereocenters. The Bertz CT molecular complexity index is 1040. The van der Waals surface area contributed by atoms with Gasteiger partial charge < -0.3 is 14.4 Å². The summed E-state index contributed by atoms with van der Waals surface area (Å²) in [5.41, 5.74) is 0.0732. The van der Waals surface area contributed by atoms with E-state index in [1.807, 2.05) is 6.92 Å². The molecule has 2 aliphatic heterocycles. The Labute approximate surface area is 160 Å². The Balaban J connectivity index is 1.56. The minimum Gasteiger partial charge on any atom is -0.385 e. The van der Waals surface area contributed by atoms with Crippen LogP contribution in [0.25, 0.3) is 22.2 Å². The normalized spacial score (nSPS) is 23.9. The lowest BCUT2D eigenvalue weighted by Gasteiger charge is -2.27. The Morgan fingerprint density at radius 3 is 2.64 bits per heavy atom. The number of halogens is 2. The molecule has 1 unspecified atom stereocenters. The second-order valence-electron chi connectivity index (χ2n) is 7.61. The van der Waals surface area contributed by atoms with Crippen LogP contribution < -0.4 is 0 Å².